The van der Waals surface area contributed by atoms with Crippen LogP contribution < -0.4 is 15.1 Å². The molecule has 1 aliphatic carbocycles. The van der Waals surface area contributed by atoms with Gasteiger partial charge in [0.25, 0.3) is 0 Å². The van der Waals surface area contributed by atoms with Crippen LogP contribution >= 0.6 is 11.6 Å². The second-order valence-electron chi connectivity index (χ2n) is 9.08. The first kappa shape index (κ1) is 25.2. The van der Waals surface area contributed by atoms with Crippen LogP contribution in [0, 0.1) is 6.92 Å². The maximum Gasteiger partial charge on any atom is 0.339 e. The van der Waals surface area contributed by atoms with Crippen LogP contribution in [-0.2, 0) is 34.1 Å². The molecule has 0 bridgehead atoms. The zero-order chi connectivity index (χ0) is 26.2. The number of benzene rings is 3. The molecule has 0 fully saturated rings. The molecule has 190 valence electrons. The van der Waals surface area contributed by atoms with Crippen LogP contribution in [0.15, 0.2) is 80.8 Å². The molecular weight excluding hydrogens is 514 g/mol. The minimum absolute atomic E-state index is 0.0205. The van der Waals surface area contributed by atoms with E-state index >= 15 is 0 Å². The molecule has 0 saturated carbocycles. The lowest BCUT2D eigenvalue weighted by Crippen LogP contribution is -2.44. The van der Waals surface area contributed by atoms with Crippen LogP contribution in [0.2, 0.25) is 5.02 Å². The second-order valence-corrected chi connectivity index (χ2v) is 11.2. The average molecular weight is 538 g/mol. The Labute approximate surface area is 219 Å². The SMILES string of the molecule is Cc1ccc(S(=O)(=O)N[C@@H](Cc2ccccc2)C(=O)Oc2cc3oc(=O)c4c(c3cc2Cl)CCC4)cc1. The van der Waals surface area contributed by atoms with Crippen LogP contribution in [0.5, 0.6) is 5.75 Å². The molecule has 1 atom stereocenters. The van der Waals surface area contributed by atoms with Crippen LogP contribution in [0.1, 0.15) is 28.7 Å². The van der Waals surface area contributed by atoms with E-state index < -0.39 is 27.7 Å². The van der Waals surface area contributed by atoms with E-state index in [4.69, 9.17) is 20.8 Å². The standard InChI is InChI=1S/C28H24ClNO6S/c1-17-10-12-19(13-11-17)37(33,34)30-24(14-18-6-3-2-4-7-18)28(32)36-26-16-25-22(15-23(26)29)20-8-5-9-21(20)27(31)35-25/h2-4,6-7,10-13,15-16,24,30H,5,8-9,14H2,1H3/t24-/m0/s1. The third-order valence-electron chi connectivity index (χ3n) is 6.43. The number of carbonyl (C=O) groups excluding carboxylic acids is 1. The molecule has 9 heteroatoms. The number of esters is 1. The minimum atomic E-state index is -4.03. The Kier molecular flexibility index (Phi) is 6.90. The lowest BCUT2D eigenvalue weighted by atomic mass is 10.1. The first-order valence-electron chi connectivity index (χ1n) is 11.8. The fourth-order valence-electron chi connectivity index (χ4n) is 4.54. The highest BCUT2D eigenvalue weighted by molar-refractivity contribution is 7.89. The van der Waals surface area contributed by atoms with Crippen molar-refractivity contribution in [1.82, 2.24) is 4.72 Å². The highest BCUT2D eigenvalue weighted by Gasteiger charge is 2.29. The van der Waals surface area contributed by atoms with Crippen LogP contribution in [0.3, 0.4) is 0 Å². The molecule has 0 unspecified atom stereocenters. The van der Waals surface area contributed by atoms with Crippen LogP contribution in [0.25, 0.3) is 11.0 Å². The molecule has 37 heavy (non-hydrogen) atoms. The fraction of sp³-hybridized carbons (Fsp3) is 0.214. The van der Waals surface area contributed by atoms with Crippen molar-refractivity contribution >= 4 is 38.6 Å². The quantitative estimate of drug-likeness (QED) is 0.207. The fourth-order valence-corrected chi connectivity index (χ4v) is 5.92. The van der Waals surface area contributed by atoms with E-state index in [1.54, 1.807) is 42.5 Å². The Bertz CT molecular complexity index is 1650. The smallest absolute Gasteiger partial charge is 0.339 e. The minimum Gasteiger partial charge on any atom is -0.424 e. The van der Waals surface area contributed by atoms with Gasteiger partial charge in [-0.1, -0.05) is 59.6 Å². The van der Waals surface area contributed by atoms with Gasteiger partial charge in [0.15, 0.2) is 5.75 Å². The molecule has 5 rings (SSSR count). The van der Waals surface area contributed by atoms with Crippen molar-refractivity contribution in [2.24, 2.45) is 0 Å². The first-order chi connectivity index (χ1) is 17.7. The zero-order valence-corrected chi connectivity index (χ0v) is 21.6. The maximum atomic E-state index is 13.3. The van der Waals surface area contributed by atoms with E-state index in [9.17, 15) is 18.0 Å². The number of sulfonamides is 1. The van der Waals surface area contributed by atoms with Gasteiger partial charge in [-0.05, 0) is 61.9 Å². The van der Waals surface area contributed by atoms with Gasteiger partial charge in [0.2, 0.25) is 10.0 Å². The Hall–Kier alpha value is -3.46. The lowest BCUT2D eigenvalue weighted by Gasteiger charge is -2.19. The molecule has 1 aliphatic rings. The topological polar surface area (TPSA) is 103 Å². The normalized spacial score (nSPS) is 13.9. The van der Waals surface area contributed by atoms with E-state index in [1.807, 2.05) is 13.0 Å². The molecular formula is C28H24ClNO6S. The lowest BCUT2D eigenvalue weighted by molar-refractivity contribution is -0.136. The summed E-state index contributed by atoms with van der Waals surface area (Å²) in [7, 11) is -4.03. The Morgan fingerprint density at radius 3 is 2.49 bits per heavy atom. The molecule has 3 aromatic carbocycles. The summed E-state index contributed by atoms with van der Waals surface area (Å²) in [6.07, 6.45) is 2.31. The largest absolute Gasteiger partial charge is 0.424 e. The van der Waals surface area contributed by atoms with Crippen molar-refractivity contribution in [3.05, 3.63) is 104 Å². The Morgan fingerprint density at radius 1 is 1.05 bits per heavy atom. The molecule has 7 nitrogen and oxygen atoms in total. The maximum absolute atomic E-state index is 13.3. The van der Waals surface area contributed by atoms with Gasteiger partial charge in [-0.3, -0.25) is 0 Å². The van der Waals surface area contributed by atoms with Gasteiger partial charge in [0, 0.05) is 17.0 Å². The number of hydrogen-bond donors (Lipinski definition) is 1. The number of aryl methyl sites for hydroxylation is 2. The molecule has 0 aliphatic heterocycles. The molecule has 0 spiro atoms. The number of carbonyl (C=O) groups is 1. The van der Waals surface area contributed by atoms with E-state index in [-0.39, 0.29) is 27.7 Å². The zero-order valence-electron chi connectivity index (χ0n) is 20.0. The monoisotopic (exact) mass is 537 g/mol. The summed E-state index contributed by atoms with van der Waals surface area (Å²) in [5.74, 6) is -0.864. The number of fused-ring (bicyclic) bond motifs is 3. The summed E-state index contributed by atoms with van der Waals surface area (Å²) in [6, 6.07) is 17.1. The predicted octanol–water partition coefficient (Wildman–Crippen LogP) is 4.74. The van der Waals surface area contributed by atoms with Gasteiger partial charge >= 0.3 is 11.6 Å². The third-order valence-corrected chi connectivity index (χ3v) is 8.22. The molecule has 4 aromatic rings. The Morgan fingerprint density at radius 2 is 1.76 bits per heavy atom. The highest BCUT2D eigenvalue weighted by Crippen LogP contribution is 2.35. The molecule has 0 amide bonds. The van der Waals surface area contributed by atoms with Crippen molar-refractivity contribution in [3.8, 4) is 5.75 Å². The van der Waals surface area contributed by atoms with Gasteiger partial charge < -0.3 is 9.15 Å². The molecule has 0 saturated heterocycles. The third kappa shape index (κ3) is 5.32. The van der Waals surface area contributed by atoms with Crippen LogP contribution in [-0.4, -0.2) is 20.4 Å². The number of nitrogens with one attached hydrogen (secondary N) is 1. The van der Waals surface area contributed by atoms with Crippen molar-refractivity contribution < 1.29 is 22.4 Å². The van der Waals surface area contributed by atoms with E-state index in [0.717, 1.165) is 29.5 Å². The van der Waals surface area contributed by atoms with Crippen molar-refractivity contribution in [3.63, 3.8) is 0 Å². The molecule has 0 radical (unpaired) electrons. The summed E-state index contributed by atoms with van der Waals surface area (Å²) in [4.78, 5) is 25.7. The van der Waals surface area contributed by atoms with Crippen molar-refractivity contribution in [2.75, 3.05) is 0 Å². The van der Waals surface area contributed by atoms with Gasteiger partial charge in [-0.2, -0.15) is 4.72 Å². The predicted molar refractivity (Wildman–Crippen MR) is 141 cm³/mol. The van der Waals surface area contributed by atoms with Gasteiger partial charge in [0.1, 0.15) is 11.6 Å². The Balaban J connectivity index is 1.47. The summed E-state index contributed by atoms with van der Waals surface area (Å²) in [6.45, 7) is 1.85. The number of rotatable bonds is 7. The number of ether oxygens (including phenoxy) is 1. The van der Waals surface area contributed by atoms with E-state index in [1.165, 1.54) is 18.2 Å². The van der Waals surface area contributed by atoms with Gasteiger partial charge in [-0.25, -0.2) is 18.0 Å². The number of halogens is 1. The van der Waals surface area contributed by atoms with Crippen LogP contribution in [0.4, 0.5) is 0 Å². The van der Waals surface area contributed by atoms with Gasteiger partial charge in [0.05, 0.1) is 9.92 Å². The number of hydrogen-bond acceptors (Lipinski definition) is 6. The summed E-state index contributed by atoms with van der Waals surface area (Å²) >= 11 is 6.46. The second kappa shape index (κ2) is 10.1. The molecule has 1 N–H and O–H groups in total. The summed E-state index contributed by atoms with van der Waals surface area (Å²) < 4.78 is 39.7. The molecule has 1 aromatic heterocycles. The summed E-state index contributed by atoms with van der Waals surface area (Å²) in [5.41, 5.74) is 3.05. The average Bonchev–Trinajstić information content (AvgIpc) is 3.37. The van der Waals surface area contributed by atoms with Gasteiger partial charge in [-0.15, -0.1) is 0 Å². The highest BCUT2D eigenvalue weighted by atomic mass is 35.5. The summed E-state index contributed by atoms with van der Waals surface area (Å²) in [5, 5.41) is 0.862. The molecule has 1 heterocycles. The first-order valence-corrected chi connectivity index (χ1v) is 13.7. The van der Waals surface area contributed by atoms with E-state index in [2.05, 4.69) is 4.72 Å². The van der Waals surface area contributed by atoms with E-state index in [0.29, 0.717) is 17.4 Å². The van der Waals surface area contributed by atoms with Crippen molar-refractivity contribution in [1.29, 1.82) is 0 Å². The van der Waals surface area contributed by atoms with Crippen molar-refractivity contribution in [2.45, 2.75) is 43.5 Å².